The van der Waals surface area contributed by atoms with E-state index in [-0.39, 0.29) is 29.0 Å². The molecule has 3 rings (SSSR count). The first-order valence-corrected chi connectivity index (χ1v) is 7.99. The molecule has 1 aliphatic rings. The van der Waals surface area contributed by atoms with Crippen molar-refractivity contribution < 1.29 is 23.0 Å². The van der Waals surface area contributed by atoms with Gasteiger partial charge in [-0.15, -0.1) is 0 Å². The number of methoxy groups -OCH3 is 1. The molecule has 2 aromatic carbocycles. The fourth-order valence-corrected chi connectivity index (χ4v) is 3.28. The zero-order chi connectivity index (χ0) is 18.0. The summed E-state index contributed by atoms with van der Waals surface area (Å²) >= 11 is 0. The first-order chi connectivity index (χ1) is 12.0. The summed E-state index contributed by atoms with van der Waals surface area (Å²) in [7, 11) is 3.09. The van der Waals surface area contributed by atoms with Gasteiger partial charge >= 0.3 is 6.61 Å². The van der Waals surface area contributed by atoms with Gasteiger partial charge in [0, 0.05) is 12.6 Å². The molecule has 0 aliphatic heterocycles. The number of hydrogen-bond donors (Lipinski definition) is 0. The van der Waals surface area contributed by atoms with Crippen LogP contribution in [0.1, 0.15) is 33.9 Å². The normalized spacial score (nSPS) is 15.8. The second-order valence-corrected chi connectivity index (χ2v) is 5.91. The summed E-state index contributed by atoms with van der Waals surface area (Å²) in [6.45, 7) is -2.99. The maximum atomic E-state index is 12.8. The second kappa shape index (κ2) is 7.09. The summed E-state index contributed by atoms with van der Waals surface area (Å²) in [5.74, 6) is -0.238. The Morgan fingerprint density at radius 3 is 2.68 bits per heavy atom. The van der Waals surface area contributed by atoms with Gasteiger partial charge in [-0.3, -0.25) is 4.79 Å². The molecule has 0 aromatic heterocycles. The maximum absolute atomic E-state index is 12.8. The SMILES string of the molecule is COc1ccc(C(=O)N(C)[C@H]2CCc3ccccc32)cc1OC(F)F. The van der Waals surface area contributed by atoms with Crippen LogP contribution in [0.25, 0.3) is 0 Å². The van der Waals surface area contributed by atoms with Crippen LogP contribution in [0.3, 0.4) is 0 Å². The lowest BCUT2D eigenvalue weighted by Gasteiger charge is -2.26. The van der Waals surface area contributed by atoms with E-state index in [1.807, 2.05) is 18.2 Å². The first kappa shape index (κ1) is 17.2. The average molecular weight is 347 g/mol. The van der Waals surface area contributed by atoms with Crippen molar-refractivity contribution in [1.29, 1.82) is 0 Å². The molecule has 0 saturated carbocycles. The highest BCUT2D eigenvalue weighted by Gasteiger charge is 2.29. The fourth-order valence-electron chi connectivity index (χ4n) is 3.28. The molecule has 2 aromatic rings. The van der Waals surface area contributed by atoms with Gasteiger partial charge < -0.3 is 14.4 Å². The quantitative estimate of drug-likeness (QED) is 0.819. The first-order valence-electron chi connectivity index (χ1n) is 7.99. The van der Waals surface area contributed by atoms with Crippen molar-refractivity contribution in [3.63, 3.8) is 0 Å². The summed E-state index contributed by atoms with van der Waals surface area (Å²) in [6.07, 6.45) is 1.76. The van der Waals surface area contributed by atoms with Gasteiger partial charge in [0.2, 0.25) is 0 Å². The Kier molecular flexibility index (Phi) is 4.88. The largest absolute Gasteiger partial charge is 0.493 e. The van der Waals surface area contributed by atoms with Gasteiger partial charge in [0.1, 0.15) is 0 Å². The lowest BCUT2D eigenvalue weighted by atomic mass is 10.1. The molecule has 1 atom stereocenters. The molecule has 0 bridgehead atoms. The molecule has 132 valence electrons. The molecule has 0 spiro atoms. The highest BCUT2D eigenvalue weighted by atomic mass is 19.3. The highest BCUT2D eigenvalue weighted by molar-refractivity contribution is 5.95. The summed E-state index contributed by atoms with van der Waals surface area (Å²) in [5.41, 5.74) is 2.66. The second-order valence-electron chi connectivity index (χ2n) is 5.91. The van der Waals surface area contributed by atoms with Crippen molar-refractivity contribution in [3.05, 3.63) is 59.2 Å². The van der Waals surface area contributed by atoms with Crippen LogP contribution >= 0.6 is 0 Å². The Balaban J connectivity index is 1.85. The van der Waals surface area contributed by atoms with Crippen LogP contribution in [0, 0.1) is 0 Å². The number of aryl methyl sites for hydroxylation is 1. The highest BCUT2D eigenvalue weighted by Crippen LogP contribution is 2.36. The molecule has 1 aliphatic carbocycles. The molecule has 1 amide bonds. The minimum Gasteiger partial charge on any atom is -0.493 e. The summed E-state index contributed by atoms with van der Waals surface area (Å²) < 4.78 is 34.6. The van der Waals surface area contributed by atoms with Crippen molar-refractivity contribution in [1.82, 2.24) is 4.90 Å². The number of rotatable bonds is 5. The van der Waals surface area contributed by atoms with Gasteiger partial charge in [0.25, 0.3) is 5.91 Å². The standard InChI is InChI=1S/C19H19F2NO3/c1-22(15-9-7-12-5-3-4-6-14(12)15)18(23)13-8-10-16(24-2)17(11-13)25-19(20)21/h3-6,8,10-11,15,19H,7,9H2,1-2H3/t15-/m0/s1. The predicted octanol–water partition coefficient (Wildman–Crippen LogP) is 4.06. The zero-order valence-electron chi connectivity index (χ0n) is 14.0. The van der Waals surface area contributed by atoms with Gasteiger partial charge in [0.05, 0.1) is 13.2 Å². The van der Waals surface area contributed by atoms with Gasteiger partial charge in [-0.25, -0.2) is 0 Å². The number of alkyl halides is 2. The van der Waals surface area contributed by atoms with E-state index < -0.39 is 6.61 Å². The van der Waals surface area contributed by atoms with Gasteiger partial charge in [-0.2, -0.15) is 8.78 Å². The molecule has 6 heteroatoms. The monoisotopic (exact) mass is 347 g/mol. The summed E-state index contributed by atoms with van der Waals surface area (Å²) in [5, 5.41) is 0. The van der Waals surface area contributed by atoms with Crippen LogP contribution in [0.2, 0.25) is 0 Å². The number of halogens is 2. The molecule has 25 heavy (non-hydrogen) atoms. The van der Waals surface area contributed by atoms with E-state index in [1.54, 1.807) is 18.0 Å². The number of benzene rings is 2. The Hall–Kier alpha value is -2.63. The topological polar surface area (TPSA) is 38.8 Å². The molecular formula is C19H19F2NO3. The number of carbonyl (C=O) groups excluding carboxylic acids is 1. The zero-order valence-corrected chi connectivity index (χ0v) is 14.0. The lowest BCUT2D eigenvalue weighted by Crippen LogP contribution is -2.30. The third kappa shape index (κ3) is 3.43. The Morgan fingerprint density at radius 1 is 1.20 bits per heavy atom. The van der Waals surface area contributed by atoms with Crippen molar-refractivity contribution in [2.75, 3.05) is 14.2 Å². The Labute approximate surface area is 145 Å². The number of ether oxygens (including phenoxy) is 2. The smallest absolute Gasteiger partial charge is 0.387 e. The van der Waals surface area contributed by atoms with Crippen LogP contribution in [0.15, 0.2) is 42.5 Å². The third-order valence-corrected chi connectivity index (χ3v) is 4.52. The number of fused-ring (bicyclic) bond motifs is 1. The number of nitrogens with zero attached hydrogens (tertiary/aromatic N) is 1. The van der Waals surface area contributed by atoms with Crippen LogP contribution in [0.5, 0.6) is 11.5 Å². The van der Waals surface area contributed by atoms with Crippen molar-refractivity contribution in [2.24, 2.45) is 0 Å². The number of carbonyl (C=O) groups is 1. The van der Waals surface area contributed by atoms with E-state index in [4.69, 9.17) is 4.74 Å². The van der Waals surface area contributed by atoms with Crippen LogP contribution in [0.4, 0.5) is 8.78 Å². The Bertz CT molecular complexity index is 779. The third-order valence-electron chi connectivity index (χ3n) is 4.52. The van der Waals surface area contributed by atoms with E-state index in [0.717, 1.165) is 18.4 Å². The average Bonchev–Trinajstić information content (AvgIpc) is 3.04. The van der Waals surface area contributed by atoms with Crippen molar-refractivity contribution in [2.45, 2.75) is 25.5 Å². The van der Waals surface area contributed by atoms with Crippen molar-refractivity contribution >= 4 is 5.91 Å². The predicted molar refractivity (Wildman–Crippen MR) is 89.2 cm³/mol. The summed E-state index contributed by atoms with van der Waals surface area (Å²) in [4.78, 5) is 14.5. The van der Waals surface area contributed by atoms with Crippen LogP contribution in [-0.4, -0.2) is 31.6 Å². The van der Waals surface area contributed by atoms with Gasteiger partial charge in [0.15, 0.2) is 11.5 Å². The van der Waals surface area contributed by atoms with E-state index in [2.05, 4.69) is 10.8 Å². The van der Waals surface area contributed by atoms with E-state index >= 15 is 0 Å². The molecule has 0 unspecified atom stereocenters. The summed E-state index contributed by atoms with van der Waals surface area (Å²) in [6, 6.07) is 12.3. The molecule has 0 N–H and O–H groups in total. The molecule has 0 heterocycles. The van der Waals surface area contributed by atoms with E-state index in [1.165, 1.54) is 24.8 Å². The van der Waals surface area contributed by atoms with Crippen molar-refractivity contribution in [3.8, 4) is 11.5 Å². The molecule has 4 nitrogen and oxygen atoms in total. The molecular weight excluding hydrogens is 328 g/mol. The van der Waals surface area contributed by atoms with Gasteiger partial charge in [-0.05, 0) is 42.2 Å². The molecule has 0 radical (unpaired) electrons. The number of hydrogen-bond acceptors (Lipinski definition) is 3. The fraction of sp³-hybridized carbons (Fsp3) is 0.316. The molecule has 0 fully saturated rings. The number of amides is 1. The molecule has 0 saturated heterocycles. The van der Waals surface area contributed by atoms with E-state index in [9.17, 15) is 13.6 Å². The van der Waals surface area contributed by atoms with Crippen LogP contribution in [-0.2, 0) is 6.42 Å². The lowest BCUT2D eigenvalue weighted by molar-refractivity contribution is -0.0512. The maximum Gasteiger partial charge on any atom is 0.387 e. The minimum absolute atomic E-state index is 0.0229. The van der Waals surface area contributed by atoms with Gasteiger partial charge in [-0.1, -0.05) is 24.3 Å². The minimum atomic E-state index is -2.99. The Morgan fingerprint density at radius 2 is 1.96 bits per heavy atom. The van der Waals surface area contributed by atoms with Crippen LogP contribution < -0.4 is 9.47 Å². The van der Waals surface area contributed by atoms with E-state index in [0.29, 0.717) is 0 Å².